The monoisotopic (exact) mass is 316 g/mol. The van der Waals surface area contributed by atoms with Crippen molar-refractivity contribution in [3.05, 3.63) is 17.6 Å². The van der Waals surface area contributed by atoms with Gasteiger partial charge in [0.2, 0.25) is 10.0 Å². The Labute approximate surface area is 128 Å². The van der Waals surface area contributed by atoms with E-state index in [0.717, 1.165) is 13.0 Å². The maximum Gasteiger partial charge on any atom is 0.244 e. The quantitative estimate of drug-likeness (QED) is 0.759. The normalized spacial score (nSPS) is 14.4. The molecule has 122 valence electrons. The molecule has 0 bridgehead atoms. The van der Waals surface area contributed by atoms with Gasteiger partial charge in [-0.2, -0.15) is 0 Å². The SMILES string of the molecule is CCCNCc1cc(S(=O)(=O)NC(C)C(C)(C)C)c(C)o1. The molecule has 1 unspecified atom stereocenters. The Morgan fingerprint density at radius 2 is 1.95 bits per heavy atom. The number of furan rings is 1. The highest BCUT2D eigenvalue weighted by molar-refractivity contribution is 7.89. The Morgan fingerprint density at radius 1 is 1.33 bits per heavy atom. The largest absolute Gasteiger partial charge is 0.464 e. The molecule has 21 heavy (non-hydrogen) atoms. The van der Waals surface area contributed by atoms with E-state index in [2.05, 4.69) is 17.0 Å². The van der Waals surface area contributed by atoms with Crippen LogP contribution in [0, 0.1) is 12.3 Å². The first-order valence-corrected chi connectivity index (χ1v) is 8.88. The topological polar surface area (TPSA) is 71.3 Å². The third-order valence-corrected chi connectivity index (χ3v) is 5.22. The first kappa shape index (κ1) is 18.2. The minimum Gasteiger partial charge on any atom is -0.464 e. The van der Waals surface area contributed by atoms with E-state index in [1.807, 2.05) is 27.7 Å². The highest BCUT2D eigenvalue weighted by Crippen LogP contribution is 2.24. The molecule has 1 aromatic rings. The molecule has 1 atom stereocenters. The summed E-state index contributed by atoms with van der Waals surface area (Å²) >= 11 is 0. The molecular weight excluding hydrogens is 288 g/mol. The number of rotatable bonds is 7. The van der Waals surface area contributed by atoms with Crippen LogP contribution in [0.5, 0.6) is 0 Å². The van der Waals surface area contributed by atoms with Gasteiger partial charge < -0.3 is 9.73 Å². The second kappa shape index (κ2) is 6.94. The van der Waals surface area contributed by atoms with E-state index in [9.17, 15) is 8.42 Å². The molecule has 1 rings (SSSR count). The van der Waals surface area contributed by atoms with Crippen LogP contribution in [0.3, 0.4) is 0 Å². The molecule has 0 amide bonds. The van der Waals surface area contributed by atoms with E-state index in [1.54, 1.807) is 13.0 Å². The van der Waals surface area contributed by atoms with Crippen molar-refractivity contribution in [1.29, 1.82) is 0 Å². The minimum absolute atomic E-state index is 0.143. The van der Waals surface area contributed by atoms with Crippen LogP contribution < -0.4 is 10.0 Å². The maximum atomic E-state index is 12.5. The third-order valence-electron chi connectivity index (χ3n) is 3.57. The van der Waals surface area contributed by atoms with E-state index < -0.39 is 10.0 Å². The van der Waals surface area contributed by atoms with Gasteiger partial charge in [0.15, 0.2) is 0 Å². The molecule has 0 aliphatic carbocycles. The summed E-state index contributed by atoms with van der Waals surface area (Å²) in [6, 6.07) is 1.44. The second-order valence-corrected chi connectivity index (χ2v) is 8.20. The number of hydrogen-bond donors (Lipinski definition) is 2. The Balaban J connectivity index is 2.88. The lowest BCUT2D eigenvalue weighted by atomic mass is 9.89. The van der Waals surface area contributed by atoms with Gasteiger partial charge in [-0.15, -0.1) is 0 Å². The third kappa shape index (κ3) is 5.13. The molecule has 0 aliphatic rings. The molecule has 0 saturated carbocycles. The summed E-state index contributed by atoms with van der Waals surface area (Å²) in [5.74, 6) is 1.07. The number of nitrogens with one attached hydrogen (secondary N) is 2. The first-order chi connectivity index (χ1) is 9.58. The fourth-order valence-corrected chi connectivity index (χ4v) is 3.39. The summed E-state index contributed by atoms with van der Waals surface area (Å²) < 4.78 is 33.2. The summed E-state index contributed by atoms with van der Waals surface area (Å²) in [4.78, 5) is 0.229. The highest BCUT2D eigenvalue weighted by Gasteiger charge is 2.28. The summed E-state index contributed by atoms with van der Waals surface area (Å²) in [7, 11) is -3.55. The smallest absolute Gasteiger partial charge is 0.244 e. The highest BCUT2D eigenvalue weighted by atomic mass is 32.2. The average molecular weight is 316 g/mol. The minimum atomic E-state index is -3.55. The Morgan fingerprint density at radius 3 is 2.48 bits per heavy atom. The Kier molecular flexibility index (Phi) is 6.01. The van der Waals surface area contributed by atoms with Crippen LogP contribution in [0.15, 0.2) is 15.4 Å². The molecule has 1 aromatic heterocycles. The van der Waals surface area contributed by atoms with Crippen LogP contribution in [0.4, 0.5) is 0 Å². The lowest BCUT2D eigenvalue weighted by molar-refractivity contribution is 0.317. The molecule has 0 aromatic carbocycles. The van der Waals surface area contributed by atoms with E-state index in [4.69, 9.17) is 4.42 Å². The van der Waals surface area contributed by atoms with Crippen LogP contribution in [0.1, 0.15) is 52.6 Å². The van der Waals surface area contributed by atoms with Crippen molar-refractivity contribution in [3.63, 3.8) is 0 Å². The van der Waals surface area contributed by atoms with E-state index >= 15 is 0 Å². The van der Waals surface area contributed by atoms with Crippen LogP contribution in [0.25, 0.3) is 0 Å². The van der Waals surface area contributed by atoms with E-state index in [0.29, 0.717) is 18.1 Å². The molecule has 5 nitrogen and oxygen atoms in total. The van der Waals surface area contributed by atoms with Gasteiger partial charge in [0.25, 0.3) is 0 Å². The number of hydrogen-bond acceptors (Lipinski definition) is 4. The lowest BCUT2D eigenvalue weighted by Gasteiger charge is -2.27. The van der Waals surface area contributed by atoms with Gasteiger partial charge >= 0.3 is 0 Å². The molecule has 0 radical (unpaired) electrons. The molecule has 0 saturated heterocycles. The van der Waals surface area contributed by atoms with Crippen molar-refractivity contribution in [2.45, 2.75) is 65.4 Å². The Hall–Kier alpha value is -0.850. The molecule has 0 spiro atoms. The van der Waals surface area contributed by atoms with Crippen molar-refractivity contribution >= 4 is 10.0 Å². The molecular formula is C15H28N2O3S. The van der Waals surface area contributed by atoms with Crippen molar-refractivity contribution < 1.29 is 12.8 Å². The molecule has 6 heteroatoms. The number of aryl methyl sites for hydroxylation is 1. The standard InChI is InChI=1S/C15H28N2O3S/c1-7-8-16-10-13-9-14(11(2)20-13)21(18,19)17-12(3)15(4,5)6/h9,12,16-17H,7-8,10H2,1-6H3. The fraction of sp³-hybridized carbons (Fsp3) is 0.733. The van der Waals surface area contributed by atoms with Gasteiger partial charge in [0.1, 0.15) is 16.4 Å². The number of sulfonamides is 1. The zero-order valence-electron chi connectivity index (χ0n) is 13.9. The van der Waals surface area contributed by atoms with Crippen molar-refractivity contribution in [1.82, 2.24) is 10.0 Å². The predicted molar refractivity (Wildman–Crippen MR) is 84.7 cm³/mol. The van der Waals surface area contributed by atoms with Crippen LogP contribution >= 0.6 is 0 Å². The average Bonchev–Trinajstić information content (AvgIpc) is 2.70. The molecule has 1 heterocycles. The second-order valence-electron chi connectivity index (χ2n) is 6.52. The predicted octanol–water partition coefficient (Wildman–Crippen LogP) is 2.80. The molecule has 0 aliphatic heterocycles. The summed E-state index contributed by atoms with van der Waals surface area (Å²) in [6.07, 6.45) is 1.02. The van der Waals surface area contributed by atoms with Gasteiger partial charge in [0, 0.05) is 12.1 Å². The van der Waals surface area contributed by atoms with E-state index in [-0.39, 0.29) is 16.4 Å². The summed E-state index contributed by atoms with van der Waals surface area (Å²) in [5.41, 5.74) is -0.143. The van der Waals surface area contributed by atoms with Gasteiger partial charge in [-0.25, -0.2) is 13.1 Å². The van der Waals surface area contributed by atoms with Crippen LogP contribution in [0.2, 0.25) is 0 Å². The van der Waals surface area contributed by atoms with Crippen LogP contribution in [-0.2, 0) is 16.6 Å². The molecule has 2 N–H and O–H groups in total. The van der Waals surface area contributed by atoms with Gasteiger partial charge in [-0.05, 0) is 32.2 Å². The van der Waals surface area contributed by atoms with Gasteiger partial charge in [-0.3, -0.25) is 0 Å². The molecule has 0 fully saturated rings. The van der Waals surface area contributed by atoms with Crippen molar-refractivity contribution in [2.24, 2.45) is 5.41 Å². The van der Waals surface area contributed by atoms with Crippen molar-refractivity contribution in [2.75, 3.05) is 6.54 Å². The van der Waals surface area contributed by atoms with E-state index in [1.165, 1.54) is 0 Å². The zero-order chi connectivity index (χ0) is 16.3. The zero-order valence-corrected chi connectivity index (χ0v) is 14.7. The first-order valence-electron chi connectivity index (χ1n) is 7.40. The maximum absolute atomic E-state index is 12.5. The van der Waals surface area contributed by atoms with Gasteiger partial charge in [0.05, 0.1) is 6.54 Å². The van der Waals surface area contributed by atoms with Gasteiger partial charge in [-0.1, -0.05) is 27.7 Å². The fourth-order valence-electron chi connectivity index (χ4n) is 1.74. The summed E-state index contributed by atoms with van der Waals surface area (Å²) in [5, 5.41) is 3.20. The lowest BCUT2D eigenvalue weighted by Crippen LogP contribution is -2.41. The Bertz CT molecular complexity index is 556. The summed E-state index contributed by atoms with van der Waals surface area (Å²) in [6.45, 7) is 13.1. The van der Waals surface area contributed by atoms with Crippen LogP contribution in [-0.4, -0.2) is 21.0 Å². The van der Waals surface area contributed by atoms with Crippen molar-refractivity contribution in [3.8, 4) is 0 Å².